The van der Waals surface area contributed by atoms with E-state index in [0.29, 0.717) is 37.4 Å². The van der Waals surface area contributed by atoms with E-state index in [4.69, 9.17) is 4.74 Å². The molecule has 124 valence electrons. The summed E-state index contributed by atoms with van der Waals surface area (Å²) in [5.41, 5.74) is 0.508. The molecule has 2 rings (SSSR count). The Kier molecular flexibility index (Phi) is 5.56. The van der Waals surface area contributed by atoms with E-state index in [-0.39, 0.29) is 17.7 Å². The minimum absolute atomic E-state index is 0.101. The topological polar surface area (TPSA) is 87.7 Å². The third-order valence-corrected chi connectivity index (χ3v) is 3.67. The van der Waals surface area contributed by atoms with E-state index in [1.807, 2.05) is 0 Å². The van der Waals surface area contributed by atoms with Crippen LogP contribution in [-0.2, 0) is 9.59 Å². The Morgan fingerprint density at radius 1 is 1.39 bits per heavy atom. The summed E-state index contributed by atoms with van der Waals surface area (Å²) in [7, 11) is 1.54. The number of amides is 3. The van der Waals surface area contributed by atoms with Gasteiger partial charge in [0.05, 0.1) is 7.11 Å². The number of hydrogen-bond donors (Lipinski definition) is 2. The van der Waals surface area contributed by atoms with E-state index in [0.717, 1.165) is 0 Å². The van der Waals surface area contributed by atoms with Gasteiger partial charge in [-0.25, -0.2) is 0 Å². The van der Waals surface area contributed by atoms with Crippen molar-refractivity contribution in [3.63, 3.8) is 0 Å². The van der Waals surface area contributed by atoms with Gasteiger partial charge >= 0.3 is 0 Å². The molecule has 0 bridgehead atoms. The van der Waals surface area contributed by atoms with Crippen molar-refractivity contribution in [1.82, 2.24) is 15.5 Å². The van der Waals surface area contributed by atoms with Crippen LogP contribution in [0.5, 0.6) is 5.75 Å². The maximum Gasteiger partial charge on any atom is 0.251 e. The summed E-state index contributed by atoms with van der Waals surface area (Å²) in [6.07, 6.45) is 0.599. The lowest BCUT2D eigenvalue weighted by molar-refractivity contribution is -0.132. The molecule has 2 N–H and O–H groups in total. The molecule has 7 heteroatoms. The summed E-state index contributed by atoms with van der Waals surface area (Å²) in [4.78, 5) is 36.8. The van der Waals surface area contributed by atoms with E-state index in [9.17, 15) is 14.4 Å². The lowest BCUT2D eigenvalue weighted by Gasteiger charge is -2.17. The Bertz CT molecular complexity index is 603. The van der Waals surface area contributed by atoms with E-state index in [1.54, 1.807) is 36.3 Å². The molecule has 0 aromatic heterocycles. The highest BCUT2D eigenvalue weighted by atomic mass is 16.5. The molecule has 1 atom stereocenters. The van der Waals surface area contributed by atoms with E-state index < -0.39 is 6.04 Å². The van der Waals surface area contributed by atoms with Crippen LogP contribution in [0.1, 0.15) is 23.7 Å². The maximum atomic E-state index is 12.1. The average Bonchev–Trinajstić information content (AvgIpc) is 2.87. The number of likely N-dealkylation sites (tertiary alicyclic amines) is 1. The van der Waals surface area contributed by atoms with Crippen LogP contribution in [0.25, 0.3) is 0 Å². The molecular formula is C16H21N3O4. The zero-order valence-corrected chi connectivity index (χ0v) is 13.3. The van der Waals surface area contributed by atoms with Gasteiger partial charge in [0.15, 0.2) is 0 Å². The fourth-order valence-electron chi connectivity index (χ4n) is 2.51. The van der Waals surface area contributed by atoms with Crippen LogP contribution in [0.4, 0.5) is 0 Å². The van der Waals surface area contributed by atoms with Crippen molar-refractivity contribution < 1.29 is 19.1 Å². The Labute approximate surface area is 135 Å². The summed E-state index contributed by atoms with van der Waals surface area (Å²) < 4.78 is 5.08. The van der Waals surface area contributed by atoms with Crippen LogP contribution in [0.15, 0.2) is 24.3 Å². The predicted molar refractivity (Wildman–Crippen MR) is 84.1 cm³/mol. The third kappa shape index (κ3) is 4.45. The second-order valence-electron chi connectivity index (χ2n) is 5.35. The SMILES string of the molecule is COc1cccc(C(=O)NCCN2CCC(NC(C)=O)C2=O)c1. The minimum Gasteiger partial charge on any atom is -0.497 e. The Hall–Kier alpha value is -2.57. The van der Waals surface area contributed by atoms with Crippen molar-refractivity contribution in [3.05, 3.63) is 29.8 Å². The highest BCUT2D eigenvalue weighted by molar-refractivity contribution is 5.94. The molecule has 1 aromatic rings. The van der Waals surface area contributed by atoms with Gasteiger partial charge in [-0.1, -0.05) is 6.07 Å². The Morgan fingerprint density at radius 2 is 2.17 bits per heavy atom. The van der Waals surface area contributed by atoms with Crippen LogP contribution in [0, 0.1) is 0 Å². The number of ether oxygens (including phenoxy) is 1. The van der Waals surface area contributed by atoms with Crippen molar-refractivity contribution in [1.29, 1.82) is 0 Å². The summed E-state index contributed by atoms with van der Waals surface area (Å²) in [5, 5.41) is 5.41. The fraction of sp³-hybridized carbons (Fsp3) is 0.438. The molecule has 1 aliphatic heterocycles. The third-order valence-electron chi connectivity index (χ3n) is 3.67. The summed E-state index contributed by atoms with van der Waals surface area (Å²) in [6.45, 7) is 2.75. The van der Waals surface area contributed by atoms with Crippen molar-refractivity contribution in [2.75, 3.05) is 26.7 Å². The summed E-state index contributed by atoms with van der Waals surface area (Å²) in [5.74, 6) is 0.0897. The van der Waals surface area contributed by atoms with Crippen LogP contribution in [0.3, 0.4) is 0 Å². The average molecular weight is 319 g/mol. The molecule has 1 unspecified atom stereocenters. The van der Waals surface area contributed by atoms with Gasteiger partial charge in [-0.2, -0.15) is 0 Å². The van der Waals surface area contributed by atoms with Gasteiger partial charge in [0, 0.05) is 32.1 Å². The second-order valence-corrected chi connectivity index (χ2v) is 5.35. The van der Waals surface area contributed by atoms with Crippen molar-refractivity contribution in [3.8, 4) is 5.75 Å². The Morgan fingerprint density at radius 3 is 2.87 bits per heavy atom. The van der Waals surface area contributed by atoms with Gasteiger partial charge < -0.3 is 20.3 Å². The quantitative estimate of drug-likeness (QED) is 0.782. The van der Waals surface area contributed by atoms with Crippen molar-refractivity contribution in [2.24, 2.45) is 0 Å². The summed E-state index contributed by atoms with van der Waals surface area (Å²) in [6, 6.07) is 6.42. The number of carbonyl (C=O) groups excluding carboxylic acids is 3. The molecular weight excluding hydrogens is 298 g/mol. The molecule has 23 heavy (non-hydrogen) atoms. The lowest BCUT2D eigenvalue weighted by Crippen LogP contribution is -2.42. The van der Waals surface area contributed by atoms with E-state index >= 15 is 0 Å². The number of methoxy groups -OCH3 is 1. The molecule has 3 amide bonds. The highest BCUT2D eigenvalue weighted by Crippen LogP contribution is 2.13. The van der Waals surface area contributed by atoms with E-state index in [1.165, 1.54) is 6.92 Å². The first-order chi connectivity index (χ1) is 11.0. The zero-order valence-electron chi connectivity index (χ0n) is 13.3. The predicted octanol–water partition coefficient (Wildman–Crippen LogP) is 0.162. The second kappa shape index (κ2) is 7.62. The number of rotatable bonds is 6. The molecule has 0 saturated carbocycles. The van der Waals surface area contributed by atoms with Crippen LogP contribution >= 0.6 is 0 Å². The Balaban J connectivity index is 1.80. The molecule has 0 aliphatic carbocycles. The van der Waals surface area contributed by atoms with Gasteiger partial charge in [-0.15, -0.1) is 0 Å². The first-order valence-corrected chi connectivity index (χ1v) is 7.49. The van der Waals surface area contributed by atoms with Gasteiger partial charge in [0.1, 0.15) is 11.8 Å². The number of carbonyl (C=O) groups is 3. The smallest absolute Gasteiger partial charge is 0.251 e. The monoisotopic (exact) mass is 319 g/mol. The molecule has 7 nitrogen and oxygen atoms in total. The van der Waals surface area contributed by atoms with Crippen molar-refractivity contribution >= 4 is 17.7 Å². The fourth-order valence-corrected chi connectivity index (χ4v) is 2.51. The van der Waals surface area contributed by atoms with Gasteiger partial charge in [0.2, 0.25) is 11.8 Å². The zero-order chi connectivity index (χ0) is 16.8. The molecule has 1 heterocycles. The highest BCUT2D eigenvalue weighted by Gasteiger charge is 2.31. The number of hydrogen-bond acceptors (Lipinski definition) is 4. The van der Waals surface area contributed by atoms with Crippen LogP contribution in [-0.4, -0.2) is 55.4 Å². The minimum atomic E-state index is -0.443. The molecule has 1 saturated heterocycles. The van der Waals surface area contributed by atoms with E-state index in [2.05, 4.69) is 10.6 Å². The number of nitrogens with zero attached hydrogens (tertiary/aromatic N) is 1. The van der Waals surface area contributed by atoms with Crippen molar-refractivity contribution in [2.45, 2.75) is 19.4 Å². The van der Waals surface area contributed by atoms with Crippen LogP contribution in [0.2, 0.25) is 0 Å². The standard InChI is InChI=1S/C16H21N3O4/c1-11(20)18-14-6-8-19(16(14)22)9-7-17-15(21)12-4-3-5-13(10-12)23-2/h3-5,10,14H,6-9H2,1-2H3,(H,17,21)(H,18,20). The normalized spacial score (nSPS) is 17.0. The summed E-state index contributed by atoms with van der Waals surface area (Å²) >= 11 is 0. The van der Waals surface area contributed by atoms with Gasteiger partial charge in [-0.05, 0) is 24.6 Å². The number of nitrogens with one attached hydrogen (secondary N) is 2. The maximum absolute atomic E-state index is 12.1. The van der Waals surface area contributed by atoms with Gasteiger partial charge in [-0.3, -0.25) is 14.4 Å². The van der Waals surface area contributed by atoms with Crippen LogP contribution < -0.4 is 15.4 Å². The molecule has 1 aliphatic rings. The first-order valence-electron chi connectivity index (χ1n) is 7.49. The molecule has 0 radical (unpaired) electrons. The first kappa shape index (κ1) is 16.8. The number of benzene rings is 1. The molecule has 1 fully saturated rings. The molecule has 0 spiro atoms. The molecule has 1 aromatic carbocycles. The lowest BCUT2D eigenvalue weighted by atomic mass is 10.2. The largest absolute Gasteiger partial charge is 0.497 e. The van der Waals surface area contributed by atoms with Gasteiger partial charge in [0.25, 0.3) is 5.91 Å².